The van der Waals surface area contributed by atoms with E-state index in [4.69, 9.17) is 4.74 Å². The highest BCUT2D eigenvalue weighted by Crippen LogP contribution is 2.14. The van der Waals surface area contributed by atoms with Gasteiger partial charge < -0.3 is 10.1 Å². The summed E-state index contributed by atoms with van der Waals surface area (Å²) < 4.78 is 9.59. The van der Waals surface area contributed by atoms with E-state index in [-0.39, 0.29) is 24.2 Å². The second-order valence-electron chi connectivity index (χ2n) is 5.67. The molecule has 1 N–H and O–H groups in total. The van der Waals surface area contributed by atoms with E-state index in [1.165, 1.54) is 0 Å². The molecule has 3 atom stereocenters. The summed E-state index contributed by atoms with van der Waals surface area (Å²) in [5, 5.41) is 6.97. The maximum Gasteiger partial charge on any atom is 0.265 e. The Kier molecular flexibility index (Phi) is 5.66. The van der Waals surface area contributed by atoms with Crippen LogP contribution in [-0.4, -0.2) is 58.3 Å². The van der Waals surface area contributed by atoms with E-state index in [9.17, 15) is 4.79 Å². The summed E-state index contributed by atoms with van der Waals surface area (Å²) in [6.07, 6.45) is 1.21. The molecule has 0 aromatic carbocycles. The van der Waals surface area contributed by atoms with E-state index in [1.54, 1.807) is 0 Å². The highest BCUT2D eigenvalue weighted by Gasteiger charge is 2.26. The van der Waals surface area contributed by atoms with Crippen molar-refractivity contribution in [2.24, 2.45) is 0 Å². The Morgan fingerprint density at radius 2 is 2.14 bits per heavy atom. The zero-order valence-electron chi connectivity index (χ0n) is 13.1. The van der Waals surface area contributed by atoms with Crippen molar-refractivity contribution in [1.82, 2.24) is 19.8 Å². The van der Waals surface area contributed by atoms with E-state index in [1.807, 2.05) is 6.92 Å². The van der Waals surface area contributed by atoms with E-state index in [0.29, 0.717) is 11.4 Å². The lowest BCUT2D eigenvalue weighted by Crippen LogP contribution is -2.52. The molecule has 1 aliphatic heterocycles. The predicted octanol–water partition coefficient (Wildman–Crippen LogP) is 1.33. The van der Waals surface area contributed by atoms with E-state index in [0.717, 1.165) is 36.7 Å². The second-order valence-corrected chi connectivity index (χ2v) is 6.43. The molecule has 1 saturated heterocycles. The van der Waals surface area contributed by atoms with Crippen LogP contribution >= 0.6 is 11.5 Å². The van der Waals surface area contributed by atoms with Gasteiger partial charge in [0.1, 0.15) is 4.88 Å². The molecule has 0 saturated carbocycles. The van der Waals surface area contributed by atoms with Gasteiger partial charge in [0.25, 0.3) is 5.91 Å². The molecule has 118 valence electrons. The zero-order chi connectivity index (χ0) is 15.4. The van der Waals surface area contributed by atoms with E-state index in [2.05, 4.69) is 40.6 Å². The monoisotopic (exact) mass is 312 g/mol. The topological polar surface area (TPSA) is 67.4 Å². The molecule has 7 heteroatoms. The first-order chi connectivity index (χ1) is 10.0. The van der Waals surface area contributed by atoms with Crippen molar-refractivity contribution in [3.05, 3.63) is 10.6 Å². The molecule has 1 aromatic heterocycles. The van der Waals surface area contributed by atoms with Crippen molar-refractivity contribution in [2.75, 3.05) is 19.6 Å². The van der Waals surface area contributed by atoms with Gasteiger partial charge in [-0.1, -0.05) is 11.4 Å². The number of nitrogens with zero attached hydrogens (tertiary/aromatic N) is 3. The molecule has 1 amide bonds. The van der Waals surface area contributed by atoms with Crippen molar-refractivity contribution in [1.29, 1.82) is 0 Å². The normalized spacial score (nSPS) is 24.8. The summed E-state index contributed by atoms with van der Waals surface area (Å²) in [4.78, 5) is 15.2. The Bertz CT molecular complexity index is 469. The van der Waals surface area contributed by atoms with Gasteiger partial charge in [-0.05, 0) is 38.7 Å². The third-order valence-electron chi connectivity index (χ3n) is 3.73. The lowest BCUT2D eigenvalue weighted by Gasteiger charge is -2.38. The molecule has 2 rings (SSSR count). The van der Waals surface area contributed by atoms with Crippen LogP contribution in [0, 0.1) is 0 Å². The molecular formula is C14H24N4O2S. The van der Waals surface area contributed by atoms with Gasteiger partial charge in [-0.2, -0.15) is 0 Å². The summed E-state index contributed by atoms with van der Waals surface area (Å²) in [6.45, 7) is 10.7. The molecule has 2 heterocycles. The van der Waals surface area contributed by atoms with Crippen LogP contribution in [0.1, 0.15) is 43.1 Å². The molecule has 0 radical (unpaired) electrons. The van der Waals surface area contributed by atoms with Gasteiger partial charge in [0.05, 0.1) is 17.9 Å². The van der Waals surface area contributed by atoms with Crippen molar-refractivity contribution >= 4 is 17.4 Å². The molecule has 21 heavy (non-hydrogen) atoms. The fraction of sp³-hybridized carbons (Fsp3) is 0.786. The Hall–Kier alpha value is -1.05. The Morgan fingerprint density at radius 1 is 1.48 bits per heavy atom. The van der Waals surface area contributed by atoms with Crippen LogP contribution in [-0.2, 0) is 11.2 Å². The molecule has 1 aliphatic rings. The van der Waals surface area contributed by atoms with Crippen molar-refractivity contribution in [3.63, 3.8) is 0 Å². The summed E-state index contributed by atoms with van der Waals surface area (Å²) in [5.41, 5.74) is 0.777. The minimum atomic E-state index is -0.0666. The lowest BCUT2D eigenvalue weighted by atomic mass is 10.1. The van der Waals surface area contributed by atoms with Crippen molar-refractivity contribution < 1.29 is 9.53 Å². The summed E-state index contributed by atoms with van der Waals surface area (Å²) in [7, 11) is 0. The molecule has 0 unspecified atom stereocenters. The Balaban J connectivity index is 1.86. The average Bonchev–Trinajstić information content (AvgIpc) is 2.91. The predicted molar refractivity (Wildman–Crippen MR) is 82.7 cm³/mol. The second kappa shape index (κ2) is 7.29. The molecule has 0 spiro atoms. The number of aryl methyl sites for hydroxylation is 1. The standard InChI is InChI=1S/C14H24N4O2S/c1-5-12-13(21-17-16-12)14(19)15-6-9(2)18-7-10(3)20-11(4)8-18/h9-11H,5-8H2,1-4H3,(H,15,19)/t9-,10-,11+/m0/s1. The summed E-state index contributed by atoms with van der Waals surface area (Å²) in [6, 6.07) is 0.286. The molecule has 1 fully saturated rings. The lowest BCUT2D eigenvalue weighted by molar-refractivity contribution is -0.0778. The smallest absolute Gasteiger partial charge is 0.265 e. The van der Waals surface area contributed by atoms with Gasteiger partial charge in [0, 0.05) is 25.7 Å². The summed E-state index contributed by atoms with van der Waals surface area (Å²) in [5.74, 6) is -0.0666. The fourth-order valence-electron chi connectivity index (χ4n) is 2.64. The highest BCUT2D eigenvalue weighted by atomic mass is 32.1. The molecule has 1 aromatic rings. The van der Waals surface area contributed by atoms with Crippen molar-refractivity contribution in [2.45, 2.75) is 52.4 Å². The van der Waals surface area contributed by atoms with Crippen LogP contribution in [0.25, 0.3) is 0 Å². The number of hydrogen-bond donors (Lipinski definition) is 1. The first-order valence-corrected chi connectivity index (χ1v) is 8.27. The van der Waals surface area contributed by atoms with Crippen LogP contribution in [0.2, 0.25) is 0 Å². The van der Waals surface area contributed by atoms with Crippen molar-refractivity contribution in [3.8, 4) is 0 Å². The third kappa shape index (κ3) is 4.21. The van der Waals surface area contributed by atoms with Gasteiger partial charge in [0.2, 0.25) is 0 Å². The number of amides is 1. The highest BCUT2D eigenvalue weighted by molar-refractivity contribution is 7.08. The van der Waals surface area contributed by atoms with Gasteiger partial charge >= 0.3 is 0 Å². The van der Waals surface area contributed by atoms with E-state index < -0.39 is 0 Å². The quantitative estimate of drug-likeness (QED) is 0.888. The minimum Gasteiger partial charge on any atom is -0.373 e. The van der Waals surface area contributed by atoms with Crippen LogP contribution in [0.4, 0.5) is 0 Å². The van der Waals surface area contributed by atoms with Crippen LogP contribution in [0.15, 0.2) is 0 Å². The fourth-order valence-corrected chi connectivity index (χ4v) is 3.31. The molecule has 0 aliphatic carbocycles. The first-order valence-electron chi connectivity index (χ1n) is 7.50. The van der Waals surface area contributed by atoms with Crippen LogP contribution < -0.4 is 5.32 Å². The maximum absolute atomic E-state index is 12.2. The number of carbonyl (C=O) groups excluding carboxylic acids is 1. The number of ether oxygens (including phenoxy) is 1. The summed E-state index contributed by atoms with van der Waals surface area (Å²) >= 11 is 1.16. The Labute approximate surface area is 130 Å². The first kappa shape index (κ1) is 16.3. The van der Waals surface area contributed by atoms with Gasteiger partial charge in [-0.15, -0.1) is 5.10 Å². The third-order valence-corrected chi connectivity index (χ3v) is 4.49. The van der Waals surface area contributed by atoms with Gasteiger partial charge in [-0.25, -0.2) is 0 Å². The molecule has 0 bridgehead atoms. The SMILES string of the molecule is CCc1nnsc1C(=O)NC[C@H](C)N1C[C@@H](C)O[C@@H](C)C1. The van der Waals surface area contributed by atoms with Crippen LogP contribution in [0.3, 0.4) is 0 Å². The number of rotatable bonds is 5. The maximum atomic E-state index is 12.2. The van der Waals surface area contributed by atoms with Gasteiger partial charge in [0.15, 0.2) is 0 Å². The Morgan fingerprint density at radius 3 is 2.76 bits per heavy atom. The minimum absolute atomic E-state index is 0.0666. The number of nitrogens with one attached hydrogen (secondary N) is 1. The average molecular weight is 312 g/mol. The largest absolute Gasteiger partial charge is 0.373 e. The molecular weight excluding hydrogens is 288 g/mol. The molecule has 6 nitrogen and oxygen atoms in total. The number of morpholine rings is 1. The number of hydrogen-bond acceptors (Lipinski definition) is 6. The zero-order valence-corrected chi connectivity index (χ0v) is 13.9. The van der Waals surface area contributed by atoms with Gasteiger partial charge in [-0.3, -0.25) is 9.69 Å². The number of aromatic nitrogens is 2. The number of carbonyl (C=O) groups is 1. The van der Waals surface area contributed by atoms with E-state index >= 15 is 0 Å². The van der Waals surface area contributed by atoms with Crippen LogP contribution in [0.5, 0.6) is 0 Å².